The fraction of sp³-hybridized carbons (Fsp3) is 0.100. The van der Waals surface area contributed by atoms with Gasteiger partial charge >= 0.3 is 7.75 Å². The third-order valence-corrected chi connectivity index (χ3v) is 5.50. The number of rotatable bonds is 6. The van der Waals surface area contributed by atoms with Crippen LogP contribution in [0.4, 0.5) is 5.69 Å². The Morgan fingerprint density at radius 3 is 1.77 bits per heavy atom. The van der Waals surface area contributed by atoms with Gasteiger partial charge in [-0.3, -0.25) is 5.09 Å². The summed E-state index contributed by atoms with van der Waals surface area (Å²) in [4.78, 5) is 0. The summed E-state index contributed by atoms with van der Waals surface area (Å²) >= 11 is 3.39. The summed E-state index contributed by atoms with van der Waals surface area (Å²) in [6.07, 6.45) is 0. The standard InChI is InChI=1S/C20H19BrNO3P/c1-15-5-3-7-19(13-15)24-26(23,22-18-11-9-17(21)10-12-18)25-20-8-4-6-16(2)14-20/h3-14H,1-2H3,(H,22,23). The van der Waals surface area contributed by atoms with Crippen molar-refractivity contribution in [1.29, 1.82) is 0 Å². The van der Waals surface area contributed by atoms with E-state index in [1.807, 2.05) is 62.4 Å². The maximum absolute atomic E-state index is 13.5. The van der Waals surface area contributed by atoms with Crippen LogP contribution in [0.3, 0.4) is 0 Å². The van der Waals surface area contributed by atoms with Crippen LogP contribution in [0.25, 0.3) is 0 Å². The Bertz CT molecular complexity index is 892. The van der Waals surface area contributed by atoms with Crippen LogP contribution >= 0.6 is 23.7 Å². The van der Waals surface area contributed by atoms with Crippen LogP contribution in [0.1, 0.15) is 11.1 Å². The van der Waals surface area contributed by atoms with E-state index >= 15 is 0 Å². The van der Waals surface area contributed by atoms with Crippen molar-refractivity contribution in [2.75, 3.05) is 5.09 Å². The molecule has 0 radical (unpaired) electrons. The van der Waals surface area contributed by atoms with Crippen molar-refractivity contribution in [3.8, 4) is 11.5 Å². The van der Waals surface area contributed by atoms with Gasteiger partial charge in [-0.1, -0.05) is 40.2 Å². The van der Waals surface area contributed by atoms with E-state index < -0.39 is 7.75 Å². The number of halogens is 1. The Kier molecular flexibility index (Phi) is 5.70. The number of aryl methyl sites for hydroxylation is 2. The van der Waals surface area contributed by atoms with E-state index in [0.717, 1.165) is 15.6 Å². The minimum atomic E-state index is -3.71. The molecule has 0 amide bonds. The number of hydrogen-bond donors (Lipinski definition) is 1. The Morgan fingerprint density at radius 1 is 0.808 bits per heavy atom. The second kappa shape index (κ2) is 7.98. The molecule has 0 saturated heterocycles. The topological polar surface area (TPSA) is 47.6 Å². The van der Waals surface area contributed by atoms with Gasteiger partial charge in [0.05, 0.1) is 0 Å². The zero-order valence-electron chi connectivity index (χ0n) is 14.5. The van der Waals surface area contributed by atoms with Gasteiger partial charge in [0, 0.05) is 10.2 Å². The van der Waals surface area contributed by atoms with Gasteiger partial charge < -0.3 is 9.05 Å². The van der Waals surface area contributed by atoms with E-state index in [2.05, 4.69) is 21.0 Å². The van der Waals surface area contributed by atoms with E-state index in [-0.39, 0.29) is 0 Å². The first kappa shape index (κ1) is 18.6. The molecule has 0 aromatic heterocycles. The van der Waals surface area contributed by atoms with Crippen LogP contribution in [-0.4, -0.2) is 0 Å². The highest BCUT2D eigenvalue weighted by Gasteiger charge is 2.29. The van der Waals surface area contributed by atoms with Crippen molar-refractivity contribution in [3.63, 3.8) is 0 Å². The molecule has 1 N–H and O–H groups in total. The van der Waals surface area contributed by atoms with E-state index in [1.165, 1.54) is 0 Å². The van der Waals surface area contributed by atoms with Crippen molar-refractivity contribution >= 4 is 29.4 Å². The Hall–Kier alpha value is -2.23. The molecule has 0 aliphatic rings. The third kappa shape index (κ3) is 5.13. The summed E-state index contributed by atoms with van der Waals surface area (Å²) in [6, 6.07) is 22.0. The predicted octanol–water partition coefficient (Wildman–Crippen LogP) is 6.74. The van der Waals surface area contributed by atoms with Crippen LogP contribution < -0.4 is 14.1 Å². The maximum atomic E-state index is 13.5. The van der Waals surface area contributed by atoms with Gasteiger partial charge in [0.25, 0.3) is 0 Å². The van der Waals surface area contributed by atoms with E-state index in [9.17, 15) is 4.57 Å². The molecule has 0 saturated carbocycles. The Balaban J connectivity index is 1.91. The zero-order chi connectivity index (χ0) is 18.6. The molecule has 3 rings (SSSR count). The fourth-order valence-electron chi connectivity index (χ4n) is 2.37. The molecule has 0 aliphatic heterocycles. The lowest BCUT2D eigenvalue weighted by Crippen LogP contribution is -2.10. The Morgan fingerprint density at radius 2 is 1.31 bits per heavy atom. The van der Waals surface area contributed by atoms with Crippen molar-refractivity contribution in [1.82, 2.24) is 0 Å². The predicted molar refractivity (Wildman–Crippen MR) is 109 cm³/mol. The average Bonchev–Trinajstić information content (AvgIpc) is 2.57. The maximum Gasteiger partial charge on any atom is 0.541 e. The monoisotopic (exact) mass is 431 g/mol. The van der Waals surface area contributed by atoms with Crippen molar-refractivity contribution in [3.05, 3.63) is 88.4 Å². The lowest BCUT2D eigenvalue weighted by Gasteiger charge is -2.21. The van der Waals surface area contributed by atoms with Crippen molar-refractivity contribution in [2.45, 2.75) is 13.8 Å². The number of nitrogens with one attached hydrogen (secondary N) is 1. The van der Waals surface area contributed by atoms with Gasteiger partial charge in [0.2, 0.25) is 0 Å². The summed E-state index contributed by atoms with van der Waals surface area (Å²) in [6.45, 7) is 3.89. The molecule has 4 nitrogen and oxygen atoms in total. The van der Waals surface area contributed by atoms with E-state index in [4.69, 9.17) is 9.05 Å². The summed E-state index contributed by atoms with van der Waals surface area (Å²) in [7, 11) is -3.71. The summed E-state index contributed by atoms with van der Waals surface area (Å²) in [5.74, 6) is 0.955. The van der Waals surface area contributed by atoms with Crippen LogP contribution in [0, 0.1) is 13.8 Å². The molecule has 6 heteroatoms. The summed E-state index contributed by atoms with van der Waals surface area (Å²) in [5, 5.41) is 2.91. The van der Waals surface area contributed by atoms with Gasteiger partial charge in [-0.05, 0) is 73.5 Å². The highest BCUT2D eigenvalue weighted by Crippen LogP contribution is 2.48. The molecule has 3 aromatic carbocycles. The number of hydrogen-bond acceptors (Lipinski definition) is 3. The quantitative estimate of drug-likeness (QED) is 0.438. The zero-order valence-corrected chi connectivity index (χ0v) is 17.0. The molecule has 0 fully saturated rings. The normalized spacial score (nSPS) is 11.0. The largest absolute Gasteiger partial charge is 0.541 e. The minimum absolute atomic E-state index is 0.477. The molecular formula is C20H19BrNO3P. The van der Waals surface area contributed by atoms with Crippen LogP contribution in [0.15, 0.2) is 77.3 Å². The molecular weight excluding hydrogens is 413 g/mol. The minimum Gasteiger partial charge on any atom is -0.400 e. The first-order chi connectivity index (χ1) is 12.4. The SMILES string of the molecule is Cc1cccc(OP(=O)(Nc2ccc(Br)cc2)Oc2cccc(C)c2)c1. The molecule has 0 unspecified atom stereocenters. The highest BCUT2D eigenvalue weighted by molar-refractivity contribution is 9.10. The molecule has 0 atom stereocenters. The van der Waals surface area contributed by atoms with Gasteiger partial charge in [0.1, 0.15) is 11.5 Å². The molecule has 134 valence electrons. The van der Waals surface area contributed by atoms with Crippen molar-refractivity contribution in [2.24, 2.45) is 0 Å². The number of benzene rings is 3. The first-order valence-corrected chi connectivity index (χ1v) is 10.4. The average molecular weight is 432 g/mol. The first-order valence-electron chi connectivity index (χ1n) is 8.08. The molecule has 0 spiro atoms. The van der Waals surface area contributed by atoms with Crippen LogP contribution in [-0.2, 0) is 4.57 Å². The van der Waals surface area contributed by atoms with E-state index in [0.29, 0.717) is 17.2 Å². The van der Waals surface area contributed by atoms with Crippen LogP contribution in [0.5, 0.6) is 11.5 Å². The molecule has 0 heterocycles. The van der Waals surface area contributed by atoms with Gasteiger partial charge in [-0.2, -0.15) is 0 Å². The smallest absolute Gasteiger partial charge is 0.400 e. The molecule has 26 heavy (non-hydrogen) atoms. The van der Waals surface area contributed by atoms with Gasteiger partial charge in [-0.25, -0.2) is 4.57 Å². The molecule has 0 aliphatic carbocycles. The highest BCUT2D eigenvalue weighted by atomic mass is 79.9. The van der Waals surface area contributed by atoms with Crippen molar-refractivity contribution < 1.29 is 13.6 Å². The molecule has 3 aromatic rings. The number of anilines is 1. The molecule has 0 bridgehead atoms. The second-order valence-electron chi connectivity index (χ2n) is 5.93. The lowest BCUT2D eigenvalue weighted by molar-refractivity contribution is 0.392. The van der Waals surface area contributed by atoms with Gasteiger partial charge in [-0.15, -0.1) is 0 Å². The third-order valence-electron chi connectivity index (χ3n) is 3.54. The fourth-order valence-corrected chi connectivity index (χ4v) is 4.01. The van der Waals surface area contributed by atoms with Crippen LogP contribution in [0.2, 0.25) is 0 Å². The summed E-state index contributed by atoms with van der Waals surface area (Å²) in [5.41, 5.74) is 2.65. The van der Waals surface area contributed by atoms with Gasteiger partial charge in [0.15, 0.2) is 0 Å². The summed E-state index contributed by atoms with van der Waals surface area (Å²) < 4.78 is 25.9. The lowest BCUT2D eigenvalue weighted by atomic mass is 10.2. The second-order valence-corrected chi connectivity index (χ2v) is 8.43. The van der Waals surface area contributed by atoms with E-state index in [1.54, 1.807) is 24.3 Å². The Labute approximate surface area is 161 Å².